The second-order valence-corrected chi connectivity index (χ2v) is 5.07. The van der Waals surface area contributed by atoms with E-state index in [0.717, 1.165) is 17.3 Å². The highest BCUT2D eigenvalue weighted by molar-refractivity contribution is 9.10. The Labute approximate surface area is 105 Å². The zero-order valence-electron chi connectivity index (χ0n) is 8.84. The number of hydrogen-bond donors (Lipinski definition) is 3. The summed E-state index contributed by atoms with van der Waals surface area (Å²) in [6.45, 7) is 0. The topological polar surface area (TPSA) is 77.8 Å². The lowest BCUT2D eigenvalue weighted by atomic mass is 10.2. The predicted octanol–water partition coefficient (Wildman–Crippen LogP) is 1.97. The first-order valence-corrected chi connectivity index (χ1v) is 6.15. The van der Waals surface area contributed by atoms with Crippen LogP contribution >= 0.6 is 15.9 Å². The molecule has 1 saturated carbocycles. The zero-order valence-corrected chi connectivity index (χ0v) is 10.4. The van der Waals surface area contributed by atoms with Crippen LogP contribution in [0.2, 0.25) is 0 Å². The van der Waals surface area contributed by atoms with Crippen LogP contribution in [0.25, 0.3) is 11.0 Å². The smallest absolute Gasteiger partial charge is 0.323 e. The fraction of sp³-hybridized carbons (Fsp3) is 0.273. The van der Waals surface area contributed by atoms with Crippen LogP contribution in [0.1, 0.15) is 12.8 Å². The van der Waals surface area contributed by atoms with Crippen molar-refractivity contribution < 1.29 is 4.79 Å². The summed E-state index contributed by atoms with van der Waals surface area (Å²) in [4.78, 5) is 28.1. The highest BCUT2D eigenvalue weighted by Crippen LogP contribution is 2.32. The average Bonchev–Trinajstić information content (AvgIpc) is 3.03. The summed E-state index contributed by atoms with van der Waals surface area (Å²) in [6.07, 6.45) is 1.93. The van der Waals surface area contributed by atoms with Crippen LogP contribution in [0.5, 0.6) is 0 Å². The molecule has 5 nitrogen and oxygen atoms in total. The zero-order chi connectivity index (χ0) is 12.0. The van der Waals surface area contributed by atoms with Gasteiger partial charge in [-0.2, -0.15) is 0 Å². The maximum absolute atomic E-state index is 11.7. The van der Waals surface area contributed by atoms with Crippen LogP contribution < -0.4 is 11.0 Å². The number of fused-ring (bicyclic) bond motifs is 1. The van der Waals surface area contributed by atoms with Gasteiger partial charge in [0, 0.05) is 10.4 Å². The van der Waals surface area contributed by atoms with Crippen LogP contribution in [0, 0.1) is 5.92 Å². The van der Waals surface area contributed by atoms with Crippen LogP contribution in [0.4, 0.5) is 5.69 Å². The van der Waals surface area contributed by atoms with E-state index >= 15 is 0 Å². The fourth-order valence-corrected chi connectivity index (χ4v) is 2.17. The molecule has 88 valence electrons. The van der Waals surface area contributed by atoms with Gasteiger partial charge in [0.1, 0.15) is 0 Å². The number of nitrogens with one attached hydrogen (secondary N) is 3. The summed E-state index contributed by atoms with van der Waals surface area (Å²) in [5, 5.41) is 2.85. The van der Waals surface area contributed by atoms with Crippen LogP contribution in [-0.2, 0) is 4.79 Å². The van der Waals surface area contributed by atoms with Crippen LogP contribution in [0.3, 0.4) is 0 Å². The van der Waals surface area contributed by atoms with Gasteiger partial charge >= 0.3 is 5.69 Å². The molecule has 0 spiro atoms. The maximum atomic E-state index is 11.7. The van der Waals surface area contributed by atoms with Crippen molar-refractivity contribution in [1.29, 1.82) is 0 Å². The number of carbonyl (C=O) groups is 1. The summed E-state index contributed by atoms with van der Waals surface area (Å²) in [5.41, 5.74) is 1.83. The minimum atomic E-state index is -0.252. The van der Waals surface area contributed by atoms with E-state index in [9.17, 15) is 9.59 Å². The third-order valence-electron chi connectivity index (χ3n) is 2.81. The largest absolute Gasteiger partial charge is 0.325 e. The van der Waals surface area contributed by atoms with Crippen molar-refractivity contribution in [2.75, 3.05) is 5.32 Å². The molecule has 1 amide bonds. The van der Waals surface area contributed by atoms with E-state index in [0.29, 0.717) is 16.7 Å². The number of aromatic nitrogens is 2. The van der Waals surface area contributed by atoms with Crippen molar-refractivity contribution in [3.63, 3.8) is 0 Å². The molecule has 0 atom stereocenters. The number of halogens is 1. The van der Waals surface area contributed by atoms with Crippen LogP contribution in [-0.4, -0.2) is 15.9 Å². The van der Waals surface area contributed by atoms with Gasteiger partial charge in [-0.3, -0.25) is 4.79 Å². The lowest BCUT2D eigenvalue weighted by Crippen LogP contribution is -2.13. The number of H-pyrrole nitrogens is 2. The predicted molar refractivity (Wildman–Crippen MR) is 68.0 cm³/mol. The van der Waals surface area contributed by atoms with Gasteiger partial charge in [-0.15, -0.1) is 0 Å². The molecule has 3 N–H and O–H groups in total. The number of amides is 1. The highest BCUT2D eigenvalue weighted by Gasteiger charge is 2.29. The maximum Gasteiger partial charge on any atom is 0.323 e. The first-order chi connectivity index (χ1) is 8.13. The van der Waals surface area contributed by atoms with Crippen molar-refractivity contribution in [3.05, 3.63) is 27.1 Å². The Kier molecular flexibility index (Phi) is 2.32. The molecule has 1 aromatic carbocycles. The summed E-state index contributed by atoms with van der Waals surface area (Å²) in [7, 11) is 0. The van der Waals surface area contributed by atoms with Gasteiger partial charge in [-0.25, -0.2) is 4.79 Å². The molecule has 3 rings (SSSR count). The first-order valence-electron chi connectivity index (χ1n) is 5.36. The summed E-state index contributed by atoms with van der Waals surface area (Å²) < 4.78 is 0.759. The quantitative estimate of drug-likeness (QED) is 0.792. The molecule has 0 aliphatic heterocycles. The molecule has 2 aromatic rings. The Hall–Kier alpha value is -1.56. The molecule has 1 fully saturated rings. The van der Waals surface area contributed by atoms with Crippen molar-refractivity contribution in [1.82, 2.24) is 9.97 Å². The van der Waals surface area contributed by atoms with Gasteiger partial charge in [0.25, 0.3) is 0 Å². The Balaban J connectivity index is 1.99. The minimum Gasteiger partial charge on any atom is -0.325 e. The minimum absolute atomic E-state index is 0.0444. The molecule has 1 aliphatic carbocycles. The second-order valence-electron chi connectivity index (χ2n) is 4.22. The van der Waals surface area contributed by atoms with Gasteiger partial charge in [-0.1, -0.05) is 0 Å². The number of benzene rings is 1. The summed E-state index contributed by atoms with van der Waals surface area (Å²) in [5.74, 6) is 0.200. The molecular formula is C11H10BrN3O2. The van der Waals surface area contributed by atoms with E-state index in [4.69, 9.17) is 0 Å². The van der Waals surface area contributed by atoms with Crippen LogP contribution in [0.15, 0.2) is 21.4 Å². The van der Waals surface area contributed by atoms with E-state index < -0.39 is 0 Å². The molecular weight excluding hydrogens is 286 g/mol. The number of anilines is 1. The number of aromatic amines is 2. The normalized spacial score (nSPS) is 15.1. The standard InChI is InChI=1S/C11H10BrN3O2/c12-6-3-8-9(15-11(17)14-8)4-7(6)13-10(16)5-1-2-5/h3-5H,1-2H2,(H,13,16)(H2,14,15,17). The Bertz CT molecular complexity index is 654. The molecule has 1 heterocycles. The van der Waals surface area contributed by atoms with Crippen molar-refractivity contribution in [2.24, 2.45) is 5.92 Å². The molecule has 6 heteroatoms. The Morgan fingerprint density at radius 2 is 1.94 bits per heavy atom. The summed E-state index contributed by atoms with van der Waals surface area (Å²) >= 11 is 3.37. The lowest BCUT2D eigenvalue weighted by molar-refractivity contribution is -0.117. The SMILES string of the molecule is O=C(Nc1cc2[nH]c(=O)[nH]c2cc1Br)C1CC1. The summed E-state index contributed by atoms with van der Waals surface area (Å²) in [6, 6.07) is 3.52. The Morgan fingerprint density at radius 3 is 2.59 bits per heavy atom. The number of imidazole rings is 1. The van der Waals surface area contributed by atoms with Gasteiger partial charge < -0.3 is 15.3 Å². The van der Waals surface area contributed by atoms with E-state index in [1.165, 1.54) is 0 Å². The first kappa shape index (κ1) is 10.6. The second kappa shape index (κ2) is 3.73. The van der Waals surface area contributed by atoms with Crippen molar-refractivity contribution in [2.45, 2.75) is 12.8 Å². The van der Waals surface area contributed by atoms with Gasteiger partial charge in [0.15, 0.2) is 0 Å². The molecule has 1 aromatic heterocycles. The number of hydrogen-bond acceptors (Lipinski definition) is 2. The Morgan fingerprint density at radius 1 is 1.29 bits per heavy atom. The molecule has 0 bridgehead atoms. The number of rotatable bonds is 2. The third kappa shape index (κ3) is 2.00. The molecule has 0 unspecified atom stereocenters. The van der Waals surface area contributed by atoms with Gasteiger partial charge in [0.2, 0.25) is 5.91 Å². The van der Waals surface area contributed by atoms with E-state index in [2.05, 4.69) is 31.2 Å². The van der Waals surface area contributed by atoms with Gasteiger partial charge in [-0.05, 0) is 40.9 Å². The van der Waals surface area contributed by atoms with Crippen molar-refractivity contribution >= 4 is 38.6 Å². The average molecular weight is 296 g/mol. The van der Waals surface area contributed by atoms with E-state index in [1.807, 2.05) is 0 Å². The monoisotopic (exact) mass is 295 g/mol. The third-order valence-corrected chi connectivity index (χ3v) is 3.47. The highest BCUT2D eigenvalue weighted by atomic mass is 79.9. The lowest BCUT2D eigenvalue weighted by Gasteiger charge is -2.06. The molecule has 0 radical (unpaired) electrons. The van der Waals surface area contributed by atoms with Crippen molar-refractivity contribution in [3.8, 4) is 0 Å². The molecule has 1 aliphatic rings. The van der Waals surface area contributed by atoms with E-state index in [-0.39, 0.29) is 17.5 Å². The number of carbonyl (C=O) groups excluding carboxylic acids is 1. The fourth-order valence-electron chi connectivity index (χ4n) is 1.73. The van der Waals surface area contributed by atoms with Gasteiger partial charge in [0.05, 0.1) is 16.7 Å². The molecule has 17 heavy (non-hydrogen) atoms. The molecule has 0 saturated heterocycles. The van der Waals surface area contributed by atoms with E-state index in [1.54, 1.807) is 12.1 Å².